The first kappa shape index (κ1) is 41.1. The standard InChI is InChI=1S/C13H18O2.C10H12O2.C6H12N2.C2H2O4.Pt/c1-9(2)8-11-4-6-12(7-5-11)10(3)13(14)15;11-10(12)8-4-7-9-5-2-1-3-6-9;7-5-3-1-2-4-6(5)8;3-1(4)2(5)6;/h4-7,9-10H,8H2,1-3H3,(H,14,15);1-3,5-6H,4,7-8H2,(H,11,12);5-8H,1-4H2;(H,3,4)(H,5,6);/q;;-2;;+2/t;;5-,6-;;/m..1../s1. The fourth-order valence-electron chi connectivity index (χ4n) is 3.78. The van der Waals surface area contributed by atoms with Crippen LogP contribution in [0, 0.1) is 5.92 Å². The Morgan fingerprint density at radius 3 is 1.60 bits per heavy atom. The van der Waals surface area contributed by atoms with Crippen LogP contribution in [0.5, 0.6) is 0 Å². The average Bonchev–Trinajstić information content (AvgIpc) is 2.91. The molecule has 10 nitrogen and oxygen atoms in total. The molecule has 0 saturated heterocycles. The molecule has 2 aromatic carbocycles. The van der Waals surface area contributed by atoms with Crippen molar-refractivity contribution in [2.75, 3.05) is 0 Å². The summed E-state index contributed by atoms with van der Waals surface area (Å²) in [6, 6.07) is 17.6. The zero-order chi connectivity index (χ0) is 31.4. The molecule has 2 aromatic rings. The zero-order valence-electron chi connectivity index (χ0n) is 24.4. The van der Waals surface area contributed by atoms with Crippen molar-refractivity contribution >= 4 is 23.9 Å². The second-order valence-corrected chi connectivity index (χ2v) is 10.2. The van der Waals surface area contributed by atoms with Crippen molar-refractivity contribution in [1.29, 1.82) is 0 Å². The molecule has 11 heteroatoms. The second-order valence-electron chi connectivity index (χ2n) is 10.2. The molecule has 236 valence electrons. The zero-order valence-corrected chi connectivity index (χ0v) is 26.7. The van der Waals surface area contributed by atoms with Crippen LogP contribution in [0.25, 0.3) is 11.5 Å². The van der Waals surface area contributed by atoms with E-state index in [0.29, 0.717) is 5.92 Å². The van der Waals surface area contributed by atoms with Crippen molar-refractivity contribution in [3.63, 3.8) is 0 Å². The maximum absolute atomic E-state index is 10.8. The Balaban J connectivity index is 0. The molecule has 0 heterocycles. The number of carboxylic acids is 4. The molecule has 6 N–H and O–H groups in total. The number of benzene rings is 2. The third-order valence-corrected chi connectivity index (χ3v) is 6.14. The number of hydrogen-bond donors (Lipinski definition) is 4. The minimum absolute atomic E-state index is 0. The van der Waals surface area contributed by atoms with Gasteiger partial charge < -0.3 is 31.9 Å². The molecule has 0 radical (unpaired) electrons. The van der Waals surface area contributed by atoms with Crippen molar-refractivity contribution in [1.82, 2.24) is 0 Å². The van der Waals surface area contributed by atoms with Crippen LogP contribution < -0.4 is 0 Å². The third-order valence-electron chi connectivity index (χ3n) is 6.14. The first-order chi connectivity index (χ1) is 19.2. The average molecular weight is 768 g/mol. The van der Waals surface area contributed by atoms with Crippen LogP contribution in [0.2, 0.25) is 0 Å². The first-order valence-corrected chi connectivity index (χ1v) is 13.7. The van der Waals surface area contributed by atoms with Crippen molar-refractivity contribution in [3.05, 3.63) is 82.8 Å². The predicted molar refractivity (Wildman–Crippen MR) is 158 cm³/mol. The van der Waals surface area contributed by atoms with E-state index in [0.717, 1.165) is 37.7 Å². The van der Waals surface area contributed by atoms with E-state index in [9.17, 15) is 9.59 Å². The summed E-state index contributed by atoms with van der Waals surface area (Å²) in [4.78, 5) is 39.2. The third kappa shape index (κ3) is 20.8. The van der Waals surface area contributed by atoms with E-state index in [4.69, 9.17) is 41.5 Å². The summed E-state index contributed by atoms with van der Waals surface area (Å²) in [6.07, 6.45) is 7.12. The molecule has 3 rings (SSSR count). The number of carbonyl (C=O) groups is 4. The van der Waals surface area contributed by atoms with Gasteiger partial charge in [0.15, 0.2) is 0 Å². The number of carboxylic acid groups (broad SMARTS) is 4. The van der Waals surface area contributed by atoms with Gasteiger partial charge >= 0.3 is 44.9 Å². The number of aryl methyl sites for hydroxylation is 1. The van der Waals surface area contributed by atoms with Crippen LogP contribution in [-0.4, -0.2) is 56.4 Å². The number of rotatable bonds is 8. The fraction of sp³-hybridized carbons (Fsp3) is 0.484. The van der Waals surface area contributed by atoms with Gasteiger partial charge in [-0.1, -0.05) is 94.1 Å². The van der Waals surface area contributed by atoms with Gasteiger partial charge in [0.2, 0.25) is 0 Å². The van der Waals surface area contributed by atoms with E-state index < -0.39 is 29.8 Å². The SMILES string of the molecule is CC(C)Cc1ccc(C(C)C(=O)O)cc1.O=C(O)C(=O)O.O=C(O)CCCc1ccccc1.[NH-][C@@H]1CCCC[C@H]1[NH-].[Pt+2]. The Bertz CT molecular complexity index is 1030. The Kier molecular flexibility index (Phi) is 23.0. The maximum Gasteiger partial charge on any atom is 2.00 e. The molecule has 1 unspecified atom stereocenters. The van der Waals surface area contributed by atoms with Gasteiger partial charge in [-0.3, -0.25) is 9.59 Å². The molecule has 0 bridgehead atoms. The van der Waals surface area contributed by atoms with Crippen molar-refractivity contribution in [3.8, 4) is 0 Å². The van der Waals surface area contributed by atoms with Gasteiger partial charge in [0, 0.05) is 6.42 Å². The van der Waals surface area contributed by atoms with Crippen molar-refractivity contribution in [2.45, 2.75) is 90.1 Å². The minimum Gasteiger partial charge on any atom is -0.676 e. The molecule has 1 aliphatic carbocycles. The summed E-state index contributed by atoms with van der Waals surface area (Å²) >= 11 is 0. The number of hydrogen-bond acceptors (Lipinski definition) is 4. The van der Waals surface area contributed by atoms with Crippen LogP contribution in [0.15, 0.2) is 54.6 Å². The van der Waals surface area contributed by atoms with Crippen LogP contribution >= 0.6 is 0 Å². The molecule has 0 spiro atoms. The largest absolute Gasteiger partial charge is 2.00 e. The predicted octanol–water partition coefficient (Wildman–Crippen LogP) is 6.72. The summed E-state index contributed by atoms with van der Waals surface area (Å²) in [6.45, 7) is 6.06. The Morgan fingerprint density at radius 2 is 1.24 bits per heavy atom. The summed E-state index contributed by atoms with van der Waals surface area (Å²) in [5, 5.41) is 32.0. The molecule has 1 saturated carbocycles. The molecule has 0 aliphatic heterocycles. The number of nitrogens with one attached hydrogen (secondary N) is 2. The van der Waals surface area contributed by atoms with Gasteiger partial charge in [0.05, 0.1) is 5.92 Å². The van der Waals surface area contributed by atoms with Gasteiger partial charge in [-0.05, 0) is 48.8 Å². The van der Waals surface area contributed by atoms with Crippen LogP contribution in [0.3, 0.4) is 0 Å². The summed E-state index contributed by atoms with van der Waals surface area (Å²) in [5.74, 6) is -4.92. The fourth-order valence-corrected chi connectivity index (χ4v) is 3.78. The summed E-state index contributed by atoms with van der Waals surface area (Å²) in [7, 11) is 0. The van der Waals surface area contributed by atoms with Crippen LogP contribution in [-0.2, 0) is 53.1 Å². The monoisotopic (exact) mass is 767 g/mol. The molecule has 1 aliphatic rings. The topological polar surface area (TPSA) is 197 Å². The minimum atomic E-state index is -1.82. The number of aliphatic carboxylic acids is 4. The van der Waals surface area contributed by atoms with Crippen LogP contribution in [0.4, 0.5) is 0 Å². The maximum atomic E-state index is 10.8. The smallest absolute Gasteiger partial charge is 0.676 e. The van der Waals surface area contributed by atoms with E-state index in [1.165, 1.54) is 24.0 Å². The Labute approximate surface area is 262 Å². The Morgan fingerprint density at radius 1 is 0.762 bits per heavy atom. The van der Waals surface area contributed by atoms with Gasteiger partial charge in [-0.25, -0.2) is 9.59 Å². The molecular weight excluding hydrogens is 723 g/mol. The van der Waals surface area contributed by atoms with Gasteiger partial charge in [-0.2, -0.15) is 12.1 Å². The quantitative estimate of drug-likeness (QED) is 0.212. The van der Waals surface area contributed by atoms with E-state index in [-0.39, 0.29) is 39.6 Å². The molecule has 1 fully saturated rings. The first-order valence-electron chi connectivity index (χ1n) is 13.7. The normalized spacial score (nSPS) is 16.0. The molecule has 0 aromatic heterocycles. The Hall–Kier alpha value is -3.07. The molecule has 3 atom stereocenters. The van der Waals surface area contributed by atoms with E-state index >= 15 is 0 Å². The van der Waals surface area contributed by atoms with Gasteiger partial charge in [0.25, 0.3) is 0 Å². The van der Waals surface area contributed by atoms with Crippen molar-refractivity contribution < 1.29 is 60.7 Å². The van der Waals surface area contributed by atoms with E-state index in [2.05, 4.69) is 13.8 Å². The van der Waals surface area contributed by atoms with Crippen molar-refractivity contribution in [2.24, 2.45) is 5.92 Å². The molecule has 0 amide bonds. The summed E-state index contributed by atoms with van der Waals surface area (Å²) in [5.41, 5.74) is 17.9. The summed E-state index contributed by atoms with van der Waals surface area (Å²) < 4.78 is 0. The van der Waals surface area contributed by atoms with Gasteiger partial charge in [0.1, 0.15) is 0 Å². The van der Waals surface area contributed by atoms with Crippen LogP contribution in [0.1, 0.15) is 81.9 Å². The second kappa shape index (κ2) is 23.5. The van der Waals surface area contributed by atoms with E-state index in [1.54, 1.807) is 6.92 Å². The van der Waals surface area contributed by atoms with Gasteiger partial charge in [-0.15, -0.1) is 0 Å². The molecular formula is C31H44N2O8Pt. The molecule has 42 heavy (non-hydrogen) atoms. The van der Waals surface area contributed by atoms with E-state index in [1.807, 2.05) is 54.6 Å².